The van der Waals surface area contributed by atoms with E-state index in [-0.39, 0.29) is 23.8 Å². The van der Waals surface area contributed by atoms with Gasteiger partial charge in [0.2, 0.25) is 5.91 Å². The first-order chi connectivity index (χ1) is 10.3. The molecule has 22 heavy (non-hydrogen) atoms. The lowest BCUT2D eigenvalue weighted by Gasteiger charge is -2.33. The third kappa shape index (κ3) is 2.58. The first-order valence-corrected chi connectivity index (χ1v) is 8.73. The average molecular weight is 346 g/mol. The molecule has 8 heteroatoms. The maximum Gasteiger partial charge on any atom is 0.325 e. The number of carbonyl (C=O) groups is 2. The van der Waals surface area contributed by atoms with E-state index in [1.807, 2.05) is 21.1 Å². The van der Waals surface area contributed by atoms with Crippen molar-refractivity contribution >= 4 is 30.7 Å². The molecule has 124 valence electrons. The van der Waals surface area contributed by atoms with Crippen LogP contribution >= 0.6 is 18.9 Å². The maximum absolute atomic E-state index is 12.7. The molecule has 0 aromatic carbocycles. The van der Waals surface area contributed by atoms with E-state index in [1.165, 1.54) is 0 Å². The van der Waals surface area contributed by atoms with Crippen molar-refractivity contribution in [1.29, 1.82) is 0 Å². The minimum atomic E-state index is -0.746. The lowest BCUT2D eigenvalue weighted by Crippen LogP contribution is -2.40. The number of nitrogens with one attached hydrogen (secondary N) is 1. The van der Waals surface area contributed by atoms with Crippen LogP contribution in [0.3, 0.4) is 0 Å². The summed E-state index contributed by atoms with van der Waals surface area (Å²) < 4.78 is 6.61. The van der Waals surface area contributed by atoms with Crippen molar-refractivity contribution in [1.82, 2.24) is 9.99 Å². The quantitative estimate of drug-likeness (QED) is 0.680. The van der Waals surface area contributed by atoms with E-state index >= 15 is 0 Å². The highest BCUT2D eigenvalue weighted by Crippen LogP contribution is 2.52. The van der Waals surface area contributed by atoms with E-state index in [2.05, 4.69) is 14.7 Å². The zero-order chi connectivity index (χ0) is 16.1. The molecule has 0 bridgehead atoms. The van der Waals surface area contributed by atoms with Crippen LogP contribution in [0.15, 0.2) is 0 Å². The summed E-state index contributed by atoms with van der Waals surface area (Å²) in [5, 5.41) is 13.7. The highest BCUT2D eigenvalue weighted by atomic mass is 31.0. The summed E-state index contributed by atoms with van der Waals surface area (Å²) in [4.78, 5) is 24.7. The second kappa shape index (κ2) is 5.66. The van der Waals surface area contributed by atoms with E-state index in [9.17, 15) is 14.7 Å². The average Bonchev–Trinajstić information content (AvgIpc) is 2.85. The van der Waals surface area contributed by atoms with Gasteiger partial charge in [-0.2, -0.15) is 0 Å². The predicted octanol–water partition coefficient (Wildman–Crippen LogP) is 0.610. The van der Waals surface area contributed by atoms with Gasteiger partial charge in [-0.1, -0.05) is 9.39 Å². The molecule has 3 fully saturated rings. The molecule has 2 saturated heterocycles. The van der Waals surface area contributed by atoms with E-state index < -0.39 is 17.1 Å². The lowest BCUT2D eigenvalue weighted by atomic mass is 9.69. The Hall–Kier alpha value is -0.280. The Morgan fingerprint density at radius 3 is 2.91 bits per heavy atom. The molecule has 0 aromatic heterocycles. The SMILES string of the molecule is CC1(O)CCCC2NC(=O)C3(CC(C(=O)OP)N(P)C3)C2C1. The van der Waals surface area contributed by atoms with Gasteiger partial charge < -0.3 is 14.9 Å². The number of carbonyl (C=O) groups excluding carboxylic acids is 2. The Bertz CT molecular complexity index is 501. The van der Waals surface area contributed by atoms with Crippen LogP contribution in [0.4, 0.5) is 0 Å². The van der Waals surface area contributed by atoms with Crippen molar-refractivity contribution < 1.29 is 19.2 Å². The van der Waals surface area contributed by atoms with Gasteiger partial charge in [0.1, 0.15) is 6.04 Å². The number of rotatable bonds is 1. The molecule has 1 amide bonds. The summed E-state index contributed by atoms with van der Waals surface area (Å²) in [5.41, 5.74) is -1.35. The normalized spacial score (nSPS) is 45.5. The molecule has 3 rings (SSSR count). The Kier molecular flexibility index (Phi) is 4.27. The third-order valence-corrected chi connectivity index (χ3v) is 6.44. The summed E-state index contributed by atoms with van der Waals surface area (Å²) in [5.74, 6) is -0.261. The third-order valence-electron chi connectivity index (χ3n) is 5.67. The number of amides is 1. The molecule has 0 radical (unpaired) electrons. The Balaban J connectivity index is 1.91. The fourth-order valence-electron chi connectivity index (χ4n) is 4.55. The fraction of sp³-hybridized carbons (Fsp3) is 0.857. The highest BCUT2D eigenvalue weighted by Gasteiger charge is 2.62. The van der Waals surface area contributed by atoms with Crippen molar-refractivity contribution in [2.75, 3.05) is 6.54 Å². The summed E-state index contributed by atoms with van der Waals surface area (Å²) >= 11 is 0. The van der Waals surface area contributed by atoms with E-state index in [0.717, 1.165) is 19.3 Å². The molecule has 1 spiro atoms. The van der Waals surface area contributed by atoms with Gasteiger partial charge in [0, 0.05) is 12.6 Å². The molecule has 0 aromatic rings. The van der Waals surface area contributed by atoms with E-state index in [0.29, 0.717) is 19.4 Å². The first kappa shape index (κ1) is 16.6. The van der Waals surface area contributed by atoms with Crippen LogP contribution in [0.2, 0.25) is 0 Å². The molecule has 1 aliphatic carbocycles. The summed E-state index contributed by atoms with van der Waals surface area (Å²) in [6.45, 7) is 2.36. The Labute approximate surface area is 135 Å². The van der Waals surface area contributed by atoms with E-state index in [4.69, 9.17) is 4.52 Å². The smallest absolute Gasteiger partial charge is 0.325 e. The molecular weight excluding hydrogens is 322 g/mol. The molecule has 7 unspecified atom stereocenters. The molecule has 7 atom stereocenters. The van der Waals surface area contributed by atoms with Gasteiger partial charge >= 0.3 is 5.97 Å². The predicted molar refractivity (Wildman–Crippen MR) is 87.6 cm³/mol. The Morgan fingerprint density at radius 2 is 2.23 bits per heavy atom. The Morgan fingerprint density at radius 1 is 1.50 bits per heavy atom. The molecule has 1 saturated carbocycles. The van der Waals surface area contributed by atoms with Crippen LogP contribution in [0.25, 0.3) is 0 Å². The van der Waals surface area contributed by atoms with Crippen LogP contribution in [0.1, 0.15) is 39.0 Å². The van der Waals surface area contributed by atoms with Crippen molar-refractivity contribution in [2.45, 2.75) is 56.7 Å². The molecule has 3 aliphatic rings. The summed E-state index contributed by atoms with van der Waals surface area (Å²) in [6.07, 6.45) is 3.61. The van der Waals surface area contributed by atoms with Crippen molar-refractivity contribution in [3.63, 3.8) is 0 Å². The van der Waals surface area contributed by atoms with Crippen molar-refractivity contribution in [2.24, 2.45) is 11.3 Å². The minimum absolute atomic E-state index is 0.0201. The molecule has 6 nitrogen and oxygen atoms in total. The minimum Gasteiger partial charge on any atom is -0.450 e. The van der Waals surface area contributed by atoms with Crippen LogP contribution in [-0.4, -0.2) is 45.9 Å². The zero-order valence-corrected chi connectivity index (χ0v) is 15.1. The number of aliphatic hydroxyl groups is 1. The number of hydrogen-bond acceptors (Lipinski definition) is 5. The lowest BCUT2D eigenvalue weighted by molar-refractivity contribution is -0.136. The number of hydrogen-bond donors (Lipinski definition) is 2. The molecule has 2 N–H and O–H groups in total. The van der Waals surface area contributed by atoms with Crippen LogP contribution in [-0.2, 0) is 14.1 Å². The van der Waals surface area contributed by atoms with Gasteiger partial charge in [0.15, 0.2) is 0 Å². The monoisotopic (exact) mass is 346 g/mol. The van der Waals surface area contributed by atoms with Gasteiger partial charge in [-0.15, -0.1) is 0 Å². The topological polar surface area (TPSA) is 78.9 Å². The first-order valence-electron chi connectivity index (χ1n) is 7.74. The molecular formula is C14H24N2O4P2. The second-order valence-electron chi connectivity index (χ2n) is 7.27. The van der Waals surface area contributed by atoms with E-state index in [1.54, 1.807) is 0 Å². The highest BCUT2D eigenvalue weighted by molar-refractivity contribution is 7.13. The van der Waals surface area contributed by atoms with Gasteiger partial charge in [-0.05, 0) is 44.9 Å². The standard InChI is InChI=1S/C14H24N2O4P2/c1-13(19)4-2-3-9-8(5-13)14(12(18)15-9)6-10(11(17)20-22)16(21)7-14/h8-10,19H,2-7,21-22H2,1H3,(H,15,18). The summed E-state index contributed by atoms with van der Waals surface area (Å²) in [6, 6.07) is -0.328. The van der Waals surface area contributed by atoms with Gasteiger partial charge in [-0.3, -0.25) is 14.3 Å². The second-order valence-corrected chi connectivity index (χ2v) is 8.16. The van der Waals surface area contributed by atoms with Gasteiger partial charge in [-0.25, -0.2) is 0 Å². The number of nitrogens with zero attached hydrogens (tertiary/aromatic N) is 1. The van der Waals surface area contributed by atoms with Crippen molar-refractivity contribution in [3.8, 4) is 0 Å². The number of fused-ring (bicyclic) bond motifs is 2. The maximum atomic E-state index is 12.7. The van der Waals surface area contributed by atoms with Crippen LogP contribution in [0.5, 0.6) is 0 Å². The van der Waals surface area contributed by atoms with Crippen LogP contribution < -0.4 is 5.32 Å². The van der Waals surface area contributed by atoms with Crippen molar-refractivity contribution in [3.05, 3.63) is 0 Å². The van der Waals surface area contributed by atoms with Gasteiger partial charge in [0.25, 0.3) is 0 Å². The van der Waals surface area contributed by atoms with Gasteiger partial charge in [0.05, 0.1) is 20.5 Å². The zero-order valence-electron chi connectivity index (χ0n) is 12.7. The molecule has 2 aliphatic heterocycles. The molecule has 2 heterocycles. The summed E-state index contributed by atoms with van der Waals surface area (Å²) in [7, 11) is 4.53. The van der Waals surface area contributed by atoms with Crippen LogP contribution in [0, 0.1) is 11.3 Å². The largest absolute Gasteiger partial charge is 0.450 e. The fourth-order valence-corrected chi connectivity index (χ4v) is 5.26.